The van der Waals surface area contributed by atoms with Gasteiger partial charge < -0.3 is 9.13 Å². The summed E-state index contributed by atoms with van der Waals surface area (Å²) in [6.07, 6.45) is 3.54. The monoisotopic (exact) mass is 282 g/mol. The van der Waals surface area contributed by atoms with Gasteiger partial charge in [0, 0.05) is 41.6 Å². The smallest absolute Gasteiger partial charge is 0.250 e. The molecule has 3 nitrogen and oxygen atoms in total. The summed E-state index contributed by atoms with van der Waals surface area (Å²) < 4.78 is 4.12. The van der Waals surface area contributed by atoms with Crippen molar-refractivity contribution in [1.82, 2.24) is 9.13 Å². The molecular formula is C18H22N2O. The molecule has 0 atom stereocenters. The lowest BCUT2D eigenvalue weighted by Gasteiger charge is -2.08. The molecule has 0 saturated heterocycles. The molecule has 2 aromatic heterocycles. The molecule has 0 fully saturated rings. The van der Waals surface area contributed by atoms with E-state index < -0.39 is 0 Å². The summed E-state index contributed by atoms with van der Waals surface area (Å²) >= 11 is 0. The van der Waals surface area contributed by atoms with Gasteiger partial charge in [-0.05, 0) is 44.0 Å². The molecule has 21 heavy (non-hydrogen) atoms. The Balaban J connectivity index is 2.32. The fraction of sp³-hybridized carbons (Fsp3) is 0.389. The first-order valence-electron chi connectivity index (χ1n) is 7.78. The summed E-state index contributed by atoms with van der Waals surface area (Å²) in [5.41, 5.74) is 3.72. The molecule has 110 valence electrons. The molecule has 3 rings (SSSR count). The van der Waals surface area contributed by atoms with E-state index in [2.05, 4.69) is 36.6 Å². The Bertz CT molecular complexity index is 855. The van der Waals surface area contributed by atoms with Crippen molar-refractivity contribution >= 4 is 21.8 Å². The highest BCUT2D eigenvalue weighted by Crippen LogP contribution is 2.28. The zero-order chi connectivity index (χ0) is 15.0. The lowest BCUT2D eigenvalue weighted by atomic mass is 10.1. The van der Waals surface area contributed by atoms with E-state index >= 15 is 0 Å². The summed E-state index contributed by atoms with van der Waals surface area (Å²) in [6, 6.07) is 10.1. The van der Waals surface area contributed by atoms with Crippen LogP contribution in [0.25, 0.3) is 21.8 Å². The molecule has 1 aromatic carbocycles. The van der Waals surface area contributed by atoms with Gasteiger partial charge in [-0.1, -0.05) is 13.3 Å². The van der Waals surface area contributed by atoms with Crippen LogP contribution in [0.5, 0.6) is 0 Å². The number of hydrogen-bond donors (Lipinski definition) is 0. The fourth-order valence-corrected chi connectivity index (χ4v) is 3.19. The summed E-state index contributed by atoms with van der Waals surface area (Å²) in [7, 11) is 1.84. The Morgan fingerprint density at radius 2 is 1.76 bits per heavy atom. The van der Waals surface area contributed by atoms with Gasteiger partial charge in [0.2, 0.25) is 0 Å². The van der Waals surface area contributed by atoms with E-state index in [1.807, 2.05) is 13.1 Å². The van der Waals surface area contributed by atoms with Gasteiger partial charge in [0.15, 0.2) is 0 Å². The standard InChI is InChI=1S/C18H22N2O/c1-4-6-7-13-12-15-14-8-11-18(21)19(3)16(14)9-10-17(15)20(13)5-2/h8-12H,4-7H2,1-3H3. The van der Waals surface area contributed by atoms with Crippen LogP contribution in [0.15, 0.2) is 35.1 Å². The quantitative estimate of drug-likeness (QED) is 0.714. The van der Waals surface area contributed by atoms with Crippen LogP contribution in [-0.4, -0.2) is 9.13 Å². The van der Waals surface area contributed by atoms with Gasteiger partial charge >= 0.3 is 0 Å². The summed E-state index contributed by atoms with van der Waals surface area (Å²) in [6.45, 7) is 5.41. The Labute approximate surface area is 124 Å². The number of unbranched alkanes of at least 4 members (excludes halogenated alkanes) is 1. The fourth-order valence-electron chi connectivity index (χ4n) is 3.19. The third kappa shape index (κ3) is 2.17. The van der Waals surface area contributed by atoms with Crippen LogP contribution in [-0.2, 0) is 20.0 Å². The number of pyridine rings is 1. The highest BCUT2D eigenvalue weighted by atomic mass is 16.1. The predicted octanol–water partition coefficient (Wildman–Crippen LogP) is 3.86. The molecular weight excluding hydrogens is 260 g/mol. The first-order valence-corrected chi connectivity index (χ1v) is 7.78. The molecule has 0 radical (unpaired) electrons. The first-order chi connectivity index (χ1) is 10.2. The van der Waals surface area contributed by atoms with E-state index in [1.54, 1.807) is 10.6 Å². The van der Waals surface area contributed by atoms with Crippen LogP contribution in [0.1, 0.15) is 32.4 Å². The Kier molecular flexibility index (Phi) is 3.58. The molecule has 0 unspecified atom stereocenters. The molecule has 0 saturated carbocycles. The third-order valence-corrected chi connectivity index (χ3v) is 4.38. The average Bonchev–Trinajstić information content (AvgIpc) is 2.86. The van der Waals surface area contributed by atoms with Gasteiger partial charge in [-0.25, -0.2) is 0 Å². The van der Waals surface area contributed by atoms with E-state index in [4.69, 9.17) is 0 Å². The minimum Gasteiger partial charge on any atom is -0.345 e. The molecule has 0 aliphatic heterocycles. The van der Waals surface area contributed by atoms with Crippen molar-refractivity contribution in [3.05, 3.63) is 46.4 Å². The normalized spacial score (nSPS) is 11.6. The highest BCUT2D eigenvalue weighted by molar-refractivity contribution is 6.05. The van der Waals surface area contributed by atoms with Crippen LogP contribution in [0.3, 0.4) is 0 Å². The molecule has 0 aliphatic rings. The zero-order valence-corrected chi connectivity index (χ0v) is 13.0. The second-order valence-electron chi connectivity index (χ2n) is 5.65. The largest absolute Gasteiger partial charge is 0.345 e. The van der Waals surface area contributed by atoms with Crippen LogP contribution in [0.2, 0.25) is 0 Å². The zero-order valence-electron chi connectivity index (χ0n) is 13.0. The minimum atomic E-state index is 0.0444. The number of rotatable bonds is 4. The van der Waals surface area contributed by atoms with Crippen molar-refractivity contribution in [3.63, 3.8) is 0 Å². The average molecular weight is 282 g/mol. The van der Waals surface area contributed by atoms with Crippen molar-refractivity contribution < 1.29 is 0 Å². The van der Waals surface area contributed by atoms with Crippen LogP contribution >= 0.6 is 0 Å². The van der Waals surface area contributed by atoms with E-state index in [0.29, 0.717) is 0 Å². The lowest BCUT2D eigenvalue weighted by molar-refractivity contribution is 0.695. The molecule has 0 aliphatic carbocycles. The van der Waals surface area contributed by atoms with Crippen LogP contribution < -0.4 is 5.56 Å². The van der Waals surface area contributed by atoms with Crippen molar-refractivity contribution in [3.8, 4) is 0 Å². The van der Waals surface area contributed by atoms with Gasteiger partial charge in [-0.15, -0.1) is 0 Å². The molecule has 2 heterocycles. The topological polar surface area (TPSA) is 26.9 Å². The maximum atomic E-state index is 11.8. The minimum absolute atomic E-state index is 0.0444. The van der Waals surface area contributed by atoms with Gasteiger partial charge in [0.25, 0.3) is 5.56 Å². The molecule has 3 aromatic rings. The molecule has 0 spiro atoms. The van der Waals surface area contributed by atoms with Crippen molar-refractivity contribution in [2.24, 2.45) is 7.05 Å². The molecule has 0 N–H and O–H groups in total. The Morgan fingerprint density at radius 1 is 1.00 bits per heavy atom. The molecule has 0 bridgehead atoms. The summed E-state index contributed by atoms with van der Waals surface area (Å²) in [4.78, 5) is 11.8. The van der Waals surface area contributed by atoms with Gasteiger partial charge in [-0.2, -0.15) is 0 Å². The number of benzene rings is 1. The highest BCUT2D eigenvalue weighted by Gasteiger charge is 2.11. The predicted molar refractivity (Wildman–Crippen MR) is 89.0 cm³/mol. The third-order valence-electron chi connectivity index (χ3n) is 4.38. The molecule has 3 heteroatoms. The molecule has 0 amide bonds. The lowest BCUT2D eigenvalue weighted by Crippen LogP contribution is -2.14. The van der Waals surface area contributed by atoms with Gasteiger partial charge in [0.1, 0.15) is 0 Å². The van der Waals surface area contributed by atoms with E-state index in [0.717, 1.165) is 18.5 Å². The van der Waals surface area contributed by atoms with E-state index in [1.165, 1.54) is 34.8 Å². The Morgan fingerprint density at radius 3 is 2.48 bits per heavy atom. The second-order valence-corrected chi connectivity index (χ2v) is 5.65. The summed E-state index contributed by atoms with van der Waals surface area (Å²) in [5.74, 6) is 0. The van der Waals surface area contributed by atoms with Crippen LogP contribution in [0, 0.1) is 0 Å². The second kappa shape index (κ2) is 5.40. The number of nitrogens with zero attached hydrogens (tertiary/aromatic N) is 2. The van der Waals surface area contributed by atoms with Gasteiger partial charge in [0.05, 0.1) is 5.52 Å². The van der Waals surface area contributed by atoms with Crippen molar-refractivity contribution in [1.29, 1.82) is 0 Å². The maximum Gasteiger partial charge on any atom is 0.250 e. The number of hydrogen-bond acceptors (Lipinski definition) is 1. The SMILES string of the molecule is CCCCc1cc2c3ccc(=O)n(C)c3ccc2n1CC. The number of fused-ring (bicyclic) bond motifs is 3. The number of aromatic nitrogens is 2. The first kappa shape index (κ1) is 13.9. The Hall–Kier alpha value is -2.03. The van der Waals surface area contributed by atoms with Crippen molar-refractivity contribution in [2.75, 3.05) is 0 Å². The summed E-state index contributed by atoms with van der Waals surface area (Å²) in [5, 5.41) is 2.43. The maximum absolute atomic E-state index is 11.8. The van der Waals surface area contributed by atoms with Gasteiger partial charge in [-0.3, -0.25) is 4.79 Å². The number of aryl methyl sites for hydroxylation is 3. The van der Waals surface area contributed by atoms with E-state index in [-0.39, 0.29) is 5.56 Å². The van der Waals surface area contributed by atoms with E-state index in [9.17, 15) is 4.79 Å². The van der Waals surface area contributed by atoms with Crippen LogP contribution in [0.4, 0.5) is 0 Å². The van der Waals surface area contributed by atoms with Crippen molar-refractivity contribution in [2.45, 2.75) is 39.7 Å².